The fraction of sp³-hybridized carbons (Fsp3) is 0.500. The van der Waals surface area contributed by atoms with Crippen LogP contribution in [0.2, 0.25) is 0 Å². The summed E-state index contributed by atoms with van der Waals surface area (Å²) in [6.45, 7) is 8.21. The zero-order chi connectivity index (χ0) is 26.4. The number of nitrogens with zero attached hydrogens (tertiary/aromatic N) is 4. The molecule has 2 saturated heterocycles. The lowest BCUT2D eigenvalue weighted by molar-refractivity contribution is -0.162. The van der Waals surface area contributed by atoms with Gasteiger partial charge in [0.1, 0.15) is 17.6 Å². The van der Waals surface area contributed by atoms with Crippen LogP contribution >= 0.6 is 0 Å². The van der Waals surface area contributed by atoms with Crippen LogP contribution in [0.15, 0.2) is 42.6 Å². The van der Waals surface area contributed by atoms with E-state index in [2.05, 4.69) is 16.0 Å². The summed E-state index contributed by atoms with van der Waals surface area (Å²) in [6, 6.07) is 13.6. The van der Waals surface area contributed by atoms with E-state index in [4.69, 9.17) is 19.5 Å². The number of piperazine rings is 1. The van der Waals surface area contributed by atoms with E-state index in [0.717, 1.165) is 30.0 Å². The summed E-state index contributed by atoms with van der Waals surface area (Å²) in [5.41, 5.74) is 1.66. The summed E-state index contributed by atoms with van der Waals surface area (Å²) in [7, 11) is 0. The standard InChI is InChI=1S/C28H34N4O5/c1-4-35-22-11-8-20(9-12-22)6-5-7-23(25-27(34)37-28(2,3)36-25)26(33)32-16-14-31(15-17-32)24-13-10-21(18-29)19-30-24/h8-13,19,23,25H,4-7,14-17H2,1-3H3. The Kier molecular flexibility index (Phi) is 8.29. The van der Waals surface area contributed by atoms with Crippen LogP contribution in [0.4, 0.5) is 5.82 Å². The van der Waals surface area contributed by atoms with Crippen molar-refractivity contribution < 1.29 is 23.8 Å². The second-order valence-corrected chi connectivity index (χ2v) is 9.76. The molecular weight excluding hydrogens is 472 g/mol. The van der Waals surface area contributed by atoms with Crippen molar-refractivity contribution in [3.63, 3.8) is 0 Å². The van der Waals surface area contributed by atoms with Gasteiger partial charge in [-0.25, -0.2) is 9.78 Å². The number of amides is 1. The quantitative estimate of drug-likeness (QED) is 0.477. The number of carbonyl (C=O) groups is 2. The number of ether oxygens (including phenoxy) is 3. The molecule has 2 fully saturated rings. The van der Waals surface area contributed by atoms with Crippen molar-refractivity contribution >= 4 is 17.7 Å². The van der Waals surface area contributed by atoms with E-state index in [-0.39, 0.29) is 5.91 Å². The average molecular weight is 507 g/mol. The third kappa shape index (κ3) is 6.57. The molecule has 1 amide bonds. The molecule has 1 aromatic carbocycles. The van der Waals surface area contributed by atoms with Gasteiger partial charge >= 0.3 is 5.97 Å². The molecule has 0 radical (unpaired) electrons. The molecule has 2 aliphatic heterocycles. The summed E-state index contributed by atoms with van der Waals surface area (Å²) >= 11 is 0. The lowest BCUT2D eigenvalue weighted by atomic mass is 9.92. The zero-order valence-corrected chi connectivity index (χ0v) is 21.7. The predicted octanol–water partition coefficient (Wildman–Crippen LogP) is 3.32. The van der Waals surface area contributed by atoms with Crippen LogP contribution in [0.1, 0.15) is 44.7 Å². The minimum atomic E-state index is -1.05. The number of hydrogen-bond acceptors (Lipinski definition) is 8. The van der Waals surface area contributed by atoms with Crippen molar-refractivity contribution in [2.24, 2.45) is 5.92 Å². The number of nitriles is 1. The Balaban J connectivity index is 1.39. The molecule has 9 heteroatoms. The van der Waals surface area contributed by atoms with Gasteiger partial charge in [0, 0.05) is 46.2 Å². The molecule has 4 rings (SSSR count). The summed E-state index contributed by atoms with van der Waals surface area (Å²) in [4.78, 5) is 34.6. The summed E-state index contributed by atoms with van der Waals surface area (Å²) in [5, 5.41) is 8.99. The molecule has 0 aliphatic carbocycles. The first kappa shape index (κ1) is 26.4. The Morgan fingerprint density at radius 2 is 1.92 bits per heavy atom. The van der Waals surface area contributed by atoms with Gasteiger partial charge in [-0.15, -0.1) is 0 Å². The van der Waals surface area contributed by atoms with Gasteiger partial charge in [-0.05, 0) is 56.0 Å². The third-order valence-corrected chi connectivity index (χ3v) is 6.68. The van der Waals surface area contributed by atoms with Crippen LogP contribution in [-0.4, -0.2) is 66.4 Å². The number of benzene rings is 1. The second kappa shape index (κ2) is 11.6. The molecule has 0 N–H and O–H groups in total. The number of esters is 1. The maximum absolute atomic E-state index is 13.7. The molecular formula is C28H34N4O5. The molecule has 2 aliphatic rings. The van der Waals surface area contributed by atoms with Crippen molar-refractivity contribution in [2.75, 3.05) is 37.7 Å². The number of carbonyl (C=O) groups excluding carboxylic acids is 2. The monoisotopic (exact) mass is 506 g/mol. The van der Waals surface area contributed by atoms with E-state index in [9.17, 15) is 9.59 Å². The molecule has 0 spiro atoms. The van der Waals surface area contributed by atoms with E-state index < -0.39 is 23.8 Å². The molecule has 1 aromatic heterocycles. The van der Waals surface area contributed by atoms with Gasteiger partial charge in [0.25, 0.3) is 0 Å². The van der Waals surface area contributed by atoms with Crippen molar-refractivity contribution in [2.45, 2.75) is 51.9 Å². The van der Waals surface area contributed by atoms with E-state index in [1.54, 1.807) is 26.1 Å². The van der Waals surface area contributed by atoms with E-state index >= 15 is 0 Å². The third-order valence-electron chi connectivity index (χ3n) is 6.68. The fourth-order valence-corrected chi connectivity index (χ4v) is 4.80. The Hall–Kier alpha value is -3.64. The number of cyclic esters (lactones) is 1. The highest BCUT2D eigenvalue weighted by Gasteiger charge is 2.48. The highest BCUT2D eigenvalue weighted by Crippen LogP contribution is 2.32. The summed E-state index contributed by atoms with van der Waals surface area (Å²) in [6.07, 6.45) is 2.66. The van der Waals surface area contributed by atoms with Gasteiger partial charge in [-0.1, -0.05) is 12.1 Å². The van der Waals surface area contributed by atoms with E-state index in [1.807, 2.05) is 42.2 Å². The number of aryl methyl sites for hydroxylation is 1. The molecule has 2 aromatic rings. The van der Waals surface area contributed by atoms with Crippen molar-refractivity contribution in [1.29, 1.82) is 5.26 Å². The number of rotatable bonds is 9. The smallest absolute Gasteiger partial charge is 0.338 e. The van der Waals surface area contributed by atoms with Gasteiger partial charge in [0.2, 0.25) is 11.7 Å². The molecule has 0 saturated carbocycles. The van der Waals surface area contributed by atoms with Crippen LogP contribution in [0.5, 0.6) is 5.75 Å². The van der Waals surface area contributed by atoms with Crippen LogP contribution < -0.4 is 9.64 Å². The Bertz CT molecular complexity index is 1120. The zero-order valence-electron chi connectivity index (χ0n) is 21.7. The largest absolute Gasteiger partial charge is 0.494 e. The van der Waals surface area contributed by atoms with Crippen molar-refractivity contribution in [3.8, 4) is 11.8 Å². The molecule has 3 heterocycles. The van der Waals surface area contributed by atoms with Crippen LogP contribution in [0, 0.1) is 17.2 Å². The molecule has 196 valence electrons. The lowest BCUT2D eigenvalue weighted by Gasteiger charge is -2.37. The number of hydrogen-bond donors (Lipinski definition) is 0. The highest BCUT2D eigenvalue weighted by molar-refractivity contribution is 5.88. The first-order valence-electron chi connectivity index (χ1n) is 12.8. The number of aromatic nitrogens is 1. The fourth-order valence-electron chi connectivity index (χ4n) is 4.80. The first-order chi connectivity index (χ1) is 17.8. The molecule has 2 atom stereocenters. The Morgan fingerprint density at radius 1 is 1.19 bits per heavy atom. The molecule has 2 unspecified atom stereocenters. The van der Waals surface area contributed by atoms with Gasteiger partial charge < -0.3 is 24.0 Å². The van der Waals surface area contributed by atoms with Gasteiger partial charge in [0.15, 0.2) is 6.10 Å². The van der Waals surface area contributed by atoms with Crippen molar-refractivity contribution in [1.82, 2.24) is 9.88 Å². The maximum Gasteiger partial charge on any atom is 0.338 e. The Morgan fingerprint density at radius 3 is 2.49 bits per heavy atom. The highest BCUT2D eigenvalue weighted by atomic mass is 16.8. The van der Waals surface area contributed by atoms with Crippen LogP contribution in [-0.2, 0) is 25.5 Å². The minimum absolute atomic E-state index is 0.0845. The number of anilines is 1. The first-order valence-corrected chi connectivity index (χ1v) is 12.8. The van der Waals surface area contributed by atoms with Crippen LogP contribution in [0.3, 0.4) is 0 Å². The molecule has 0 bridgehead atoms. The topological polar surface area (TPSA) is 105 Å². The van der Waals surface area contributed by atoms with Gasteiger partial charge in [0.05, 0.1) is 18.1 Å². The predicted molar refractivity (Wildman–Crippen MR) is 137 cm³/mol. The molecule has 37 heavy (non-hydrogen) atoms. The SMILES string of the molecule is CCOc1ccc(CCCC(C(=O)N2CCN(c3ccc(C#N)cn3)CC2)C2OC(C)(C)OC2=O)cc1. The Labute approximate surface area is 217 Å². The second-order valence-electron chi connectivity index (χ2n) is 9.76. The van der Waals surface area contributed by atoms with E-state index in [0.29, 0.717) is 44.8 Å². The van der Waals surface area contributed by atoms with Gasteiger partial charge in [-0.3, -0.25) is 4.79 Å². The van der Waals surface area contributed by atoms with Crippen molar-refractivity contribution in [3.05, 3.63) is 53.7 Å². The normalized spacial score (nSPS) is 19.7. The minimum Gasteiger partial charge on any atom is -0.494 e. The summed E-state index contributed by atoms with van der Waals surface area (Å²) in [5.74, 6) is -0.614. The number of pyridine rings is 1. The van der Waals surface area contributed by atoms with Gasteiger partial charge in [-0.2, -0.15) is 5.26 Å². The summed E-state index contributed by atoms with van der Waals surface area (Å²) < 4.78 is 16.8. The average Bonchev–Trinajstić information content (AvgIpc) is 3.19. The maximum atomic E-state index is 13.7. The van der Waals surface area contributed by atoms with E-state index in [1.165, 1.54) is 0 Å². The lowest BCUT2D eigenvalue weighted by Crippen LogP contribution is -2.52. The van der Waals surface area contributed by atoms with Crippen LogP contribution in [0.25, 0.3) is 0 Å². The molecule has 9 nitrogen and oxygen atoms in total.